The third kappa shape index (κ3) is 2.23. The number of nitrogens with one attached hydrogen (secondary N) is 2. The van der Waals surface area contributed by atoms with E-state index < -0.39 is 0 Å². The summed E-state index contributed by atoms with van der Waals surface area (Å²) in [6, 6.07) is 8.47. The van der Waals surface area contributed by atoms with E-state index in [-0.39, 0.29) is 17.3 Å². The van der Waals surface area contributed by atoms with Gasteiger partial charge in [0.1, 0.15) is 17.5 Å². The van der Waals surface area contributed by atoms with Crippen LogP contribution in [0.3, 0.4) is 0 Å². The van der Waals surface area contributed by atoms with Crippen LogP contribution in [-0.4, -0.2) is 16.1 Å². The topological polar surface area (TPSA) is 108 Å². The number of nitrogens with two attached hydrogens (primary N) is 1. The van der Waals surface area contributed by atoms with Crippen LogP contribution in [0.15, 0.2) is 30.5 Å². The largest absolute Gasteiger partial charge is 0.399 e. The maximum Gasteiger partial charge on any atom is 0.256 e. The first-order valence-corrected chi connectivity index (χ1v) is 4.81. The van der Waals surface area contributed by atoms with Gasteiger partial charge in [-0.3, -0.25) is 9.89 Å². The number of rotatable bonds is 2. The molecule has 0 unspecified atom stereocenters. The van der Waals surface area contributed by atoms with Gasteiger partial charge in [0.25, 0.3) is 5.91 Å². The standard InChI is InChI=1S/C11H9N5O/c12-5-8-6-14-16-10(8)15-11(17)7-2-1-3-9(13)4-7/h1-4,6H,13H2,(H2,14,15,16,17). The van der Waals surface area contributed by atoms with Gasteiger partial charge in [-0.05, 0) is 18.2 Å². The number of aromatic nitrogens is 2. The van der Waals surface area contributed by atoms with E-state index in [9.17, 15) is 4.79 Å². The average Bonchev–Trinajstić information content (AvgIpc) is 2.76. The molecule has 0 aliphatic rings. The fourth-order valence-electron chi connectivity index (χ4n) is 1.33. The Morgan fingerprint density at radius 2 is 2.35 bits per heavy atom. The Morgan fingerprint density at radius 1 is 1.53 bits per heavy atom. The second-order valence-electron chi connectivity index (χ2n) is 3.35. The first-order chi connectivity index (χ1) is 8.20. The van der Waals surface area contributed by atoms with Crippen LogP contribution in [0.4, 0.5) is 11.5 Å². The summed E-state index contributed by atoms with van der Waals surface area (Å²) >= 11 is 0. The van der Waals surface area contributed by atoms with E-state index in [1.54, 1.807) is 24.3 Å². The number of hydrogen-bond acceptors (Lipinski definition) is 4. The second-order valence-corrected chi connectivity index (χ2v) is 3.35. The minimum Gasteiger partial charge on any atom is -0.399 e. The number of H-pyrrole nitrogens is 1. The van der Waals surface area contributed by atoms with Crippen molar-refractivity contribution in [2.45, 2.75) is 0 Å². The fourth-order valence-corrected chi connectivity index (χ4v) is 1.33. The summed E-state index contributed by atoms with van der Waals surface area (Å²) in [5.74, 6) is -0.0713. The average molecular weight is 227 g/mol. The molecule has 4 N–H and O–H groups in total. The molecule has 6 heteroatoms. The summed E-state index contributed by atoms with van der Waals surface area (Å²) in [7, 11) is 0. The van der Waals surface area contributed by atoms with E-state index in [0.29, 0.717) is 11.3 Å². The van der Waals surface area contributed by atoms with Crippen LogP contribution >= 0.6 is 0 Å². The summed E-state index contributed by atoms with van der Waals surface area (Å²) < 4.78 is 0. The highest BCUT2D eigenvalue weighted by Gasteiger charge is 2.10. The maximum atomic E-state index is 11.8. The minimum absolute atomic E-state index is 0.278. The van der Waals surface area contributed by atoms with Crippen molar-refractivity contribution in [3.63, 3.8) is 0 Å². The van der Waals surface area contributed by atoms with Crippen molar-refractivity contribution < 1.29 is 4.79 Å². The molecule has 0 bridgehead atoms. The zero-order valence-corrected chi connectivity index (χ0v) is 8.77. The molecule has 0 saturated carbocycles. The Bertz CT molecular complexity index is 596. The predicted molar refractivity (Wildman–Crippen MR) is 62.1 cm³/mol. The predicted octanol–water partition coefficient (Wildman–Crippen LogP) is 1.12. The van der Waals surface area contributed by atoms with Gasteiger partial charge >= 0.3 is 0 Å². The first kappa shape index (κ1) is 10.7. The smallest absolute Gasteiger partial charge is 0.256 e. The Labute approximate surface area is 97.1 Å². The molecule has 0 fully saturated rings. The van der Waals surface area contributed by atoms with E-state index in [0.717, 1.165) is 0 Å². The van der Waals surface area contributed by atoms with Crippen LogP contribution in [0.5, 0.6) is 0 Å². The van der Waals surface area contributed by atoms with Crippen molar-refractivity contribution in [3.05, 3.63) is 41.6 Å². The minimum atomic E-state index is -0.349. The number of nitrogens with zero attached hydrogens (tertiary/aromatic N) is 2. The van der Waals surface area contributed by atoms with E-state index in [4.69, 9.17) is 11.0 Å². The molecule has 17 heavy (non-hydrogen) atoms. The number of anilines is 2. The number of aromatic amines is 1. The molecule has 1 amide bonds. The Kier molecular flexibility index (Phi) is 2.75. The lowest BCUT2D eigenvalue weighted by Crippen LogP contribution is -2.13. The van der Waals surface area contributed by atoms with Crippen LogP contribution in [0.1, 0.15) is 15.9 Å². The van der Waals surface area contributed by atoms with Gasteiger partial charge in [-0.15, -0.1) is 0 Å². The van der Waals surface area contributed by atoms with Gasteiger partial charge in [0.15, 0.2) is 0 Å². The molecule has 1 aromatic carbocycles. The summed E-state index contributed by atoms with van der Waals surface area (Å²) in [6.07, 6.45) is 1.34. The number of amides is 1. The third-order valence-electron chi connectivity index (χ3n) is 2.15. The molecule has 0 radical (unpaired) electrons. The molecule has 2 rings (SSSR count). The molecule has 1 aromatic heterocycles. The molecule has 1 heterocycles. The Balaban J connectivity index is 2.21. The lowest BCUT2D eigenvalue weighted by atomic mass is 10.2. The monoisotopic (exact) mass is 227 g/mol. The number of carbonyl (C=O) groups excluding carboxylic acids is 1. The third-order valence-corrected chi connectivity index (χ3v) is 2.15. The highest BCUT2D eigenvalue weighted by molar-refractivity contribution is 6.04. The molecule has 2 aromatic rings. The second kappa shape index (κ2) is 4.37. The van der Waals surface area contributed by atoms with Crippen molar-refractivity contribution in [3.8, 4) is 6.07 Å². The van der Waals surface area contributed by atoms with E-state index >= 15 is 0 Å². The molecule has 0 spiro atoms. The lowest BCUT2D eigenvalue weighted by Gasteiger charge is -2.03. The van der Waals surface area contributed by atoms with Gasteiger partial charge < -0.3 is 11.1 Å². The maximum absolute atomic E-state index is 11.8. The van der Waals surface area contributed by atoms with Crippen LogP contribution in [0.25, 0.3) is 0 Å². The van der Waals surface area contributed by atoms with Gasteiger partial charge in [0, 0.05) is 11.3 Å². The van der Waals surface area contributed by atoms with Crippen molar-refractivity contribution in [2.24, 2.45) is 0 Å². The van der Waals surface area contributed by atoms with Crippen molar-refractivity contribution in [2.75, 3.05) is 11.1 Å². The highest BCUT2D eigenvalue weighted by atomic mass is 16.1. The van der Waals surface area contributed by atoms with E-state index in [1.165, 1.54) is 6.20 Å². The molecular formula is C11H9N5O. The number of nitriles is 1. The molecule has 84 valence electrons. The number of carbonyl (C=O) groups is 1. The molecule has 0 aliphatic heterocycles. The lowest BCUT2D eigenvalue weighted by molar-refractivity contribution is 0.102. The van der Waals surface area contributed by atoms with Gasteiger partial charge in [-0.2, -0.15) is 10.4 Å². The fraction of sp³-hybridized carbons (Fsp3) is 0. The molecule has 6 nitrogen and oxygen atoms in total. The van der Waals surface area contributed by atoms with Crippen LogP contribution in [0.2, 0.25) is 0 Å². The Hall–Kier alpha value is -2.81. The summed E-state index contributed by atoms with van der Waals surface area (Å²) in [5.41, 5.74) is 6.78. The molecule has 0 saturated heterocycles. The zero-order chi connectivity index (χ0) is 12.3. The number of nitrogen functional groups attached to an aromatic ring is 1. The quantitative estimate of drug-likeness (QED) is 0.668. The number of hydrogen-bond donors (Lipinski definition) is 3. The Morgan fingerprint density at radius 3 is 3.06 bits per heavy atom. The van der Waals surface area contributed by atoms with Crippen molar-refractivity contribution in [1.29, 1.82) is 5.26 Å². The van der Waals surface area contributed by atoms with Crippen LogP contribution in [0, 0.1) is 11.3 Å². The molecular weight excluding hydrogens is 218 g/mol. The first-order valence-electron chi connectivity index (χ1n) is 4.81. The number of benzene rings is 1. The van der Waals surface area contributed by atoms with Crippen LogP contribution in [-0.2, 0) is 0 Å². The highest BCUT2D eigenvalue weighted by Crippen LogP contribution is 2.12. The van der Waals surface area contributed by atoms with Crippen LogP contribution < -0.4 is 11.1 Å². The normalized spacial score (nSPS) is 9.59. The van der Waals surface area contributed by atoms with Gasteiger partial charge in [-0.25, -0.2) is 0 Å². The van der Waals surface area contributed by atoms with Gasteiger partial charge in [0.2, 0.25) is 0 Å². The van der Waals surface area contributed by atoms with E-state index in [1.807, 2.05) is 6.07 Å². The zero-order valence-electron chi connectivity index (χ0n) is 8.77. The van der Waals surface area contributed by atoms with Gasteiger partial charge in [-0.1, -0.05) is 6.07 Å². The SMILES string of the molecule is N#Cc1cn[nH]c1NC(=O)c1cccc(N)c1. The molecule has 0 aliphatic carbocycles. The summed E-state index contributed by atoms with van der Waals surface area (Å²) in [4.78, 5) is 11.8. The van der Waals surface area contributed by atoms with Crippen molar-refractivity contribution in [1.82, 2.24) is 10.2 Å². The van der Waals surface area contributed by atoms with Gasteiger partial charge in [0.05, 0.1) is 6.20 Å². The molecule has 0 atom stereocenters. The van der Waals surface area contributed by atoms with E-state index in [2.05, 4.69) is 15.5 Å². The summed E-state index contributed by atoms with van der Waals surface area (Å²) in [5, 5.41) is 17.5. The van der Waals surface area contributed by atoms with Crippen molar-refractivity contribution >= 4 is 17.4 Å². The summed E-state index contributed by atoms with van der Waals surface area (Å²) in [6.45, 7) is 0.